The van der Waals surface area contributed by atoms with Crippen LogP contribution in [0.3, 0.4) is 0 Å². The molecule has 2 aromatic rings. The first-order chi connectivity index (χ1) is 13.9. The number of halogens is 3. The Labute approximate surface area is 167 Å². The Morgan fingerprint density at radius 2 is 1.77 bits per heavy atom. The molecule has 13 heteroatoms. The van der Waals surface area contributed by atoms with Crippen molar-refractivity contribution in [3.8, 4) is 0 Å². The molecule has 0 atom stereocenters. The largest absolute Gasteiger partial charge is 0.501 e. The second-order valence-corrected chi connectivity index (χ2v) is 8.17. The number of nitrogens with zero attached hydrogens (tertiary/aromatic N) is 3. The molecule has 4 amide bonds. The van der Waals surface area contributed by atoms with Gasteiger partial charge in [0, 0.05) is 12.7 Å². The lowest BCUT2D eigenvalue weighted by atomic mass is 10.2. The average molecular weight is 442 g/mol. The van der Waals surface area contributed by atoms with Crippen molar-refractivity contribution in [2.24, 2.45) is 5.73 Å². The van der Waals surface area contributed by atoms with Crippen LogP contribution in [0.2, 0.25) is 0 Å². The van der Waals surface area contributed by atoms with Gasteiger partial charge >= 0.3 is 11.5 Å². The number of anilines is 1. The van der Waals surface area contributed by atoms with Gasteiger partial charge in [-0.1, -0.05) is 0 Å². The van der Waals surface area contributed by atoms with E-state index < -0.39 is 38.1 Å². The molecule has 0 radical (unpaired) electrons. The zero-order chi connectivity index (χ0) is 22.3. The van der Waals surface area contributed by atoms with Crippen LogP contribution in [0.25, 0.3) is 0 Å². The molecule has 1 saturated heterocycles. The molecule has 1 fully saturated rings. The van der Waals surface area contributed by atoms with Crippen LogP contribution in [0.4, 0.5) is 23.7 Å². The lowest BCUT2D eigenvalue weighted by molar-refractivity contribution is -0.116. The fourth-order valence-electron chi connectivity index (χ4n) is 2.76. The van der Waals surface area contributed by atoms with Gasteiger partial charge in [0.25, 0.3) is 21.7 Å². The number of nitrogens with two attached hydrogens (primary N) is 1. The van der Waals surface area contributed by atoms with Gasteiger partial charge in [-0.3, -0.25) is 14.6 Å². The molecule has 1 aromatic carbocycles. The molecule has 2 N–H and O–H groups in total. The second-order valence-electron chi connectivity index (χ2n) is 6.22. The number of aromatic nitrogens is 1. The number of amides is 4. The number of hydrogen-bond acceptors (Lipinski definition) is 6. The van der Waals surface area contributed by atoms with E-state index in [1.807, 2.05) is 0 Å². The highest BCUT2D eigenvalue weighted by atomic mass is 32.2. The van der Waals surface area contributed by atoms with Gasteiger partial charge in [0.05, 0.1) is 10.6 Å². The normalized spacial score (nSPS) is 15.0. The molecule has 1 aliphatic heterocycles. The number of hydrogen-bond donors (Lipinski definition) is 1. The molecule has 0 saturated carbocycles. The number of rotatable bonds is 5. The molecule has 2 heterocycles. The summed E-state index contributed by atoms with van der Waals surface area (Å²) in [4.78, 5) is 40.7. The van der Waals surface area contributed by atoms with E-state index in [1.54, 1.807) is 0 Å². The maximum Gasteiger partial charge on any atom is 0.501 e. The third-order valence-electron chi connectivity index (χ3n) is 4.20. The number of urea groups is 1. The smallest absolute Gasteiger partial charge is 0.364 e. The second kappa shape index (κ2) is 7.40. The number of primary amides is 1. The molecule has 0 aliphatic carbocycles. The van der Waals surface area contributed by atoms with Crippen LogP contribution in [0.15, 0.2) is 47.5 Å². The van der Waals surface area contributed by atoms with Crippen LogP contribution < -0.4 is 10.6 Å². The van der Waals surface area contributed by atoms with E-state index >= 15 is 0 Å². The van der Waals surface area contributed by atoms with Crippen molar-refractivity contribution in [3.05, 3.63) is 53.9 Å². The molecule has 3 rings (SSSR count). The molecule has 30 heavy (non-hydrogen) atoms. The Bertz CT molecular complexity index is 1130. The Kier molecular flexibility index (Phi) is 5.24. The number of imide groups is 1. The fourth-order valence-corrected chi connectivity index (χ4v) is 3.53. The standard InChI is InChI=1S/C17H13F3N4O5S/c18-17(19,20)30(28,29)12-3-1-11(2-4-12)24-14(25)9-23(16(24)27)8-10-5-6-22-13(7-10)15(21)26/h1-7H,8-9H2,(H2,21,26). The van der Waals surface area contributed by atoms with Crippen molar-refractivity contribution in [2.75, 3.05) is 11.4 Å². The Morgan fingerprint density at radius 3 is 2.33 bits per heavy atom. The van der Waals surface area contributed by atoms with Gasteiger partial charge < -0.3 is 10.6 Å². The molecule has 0 spiro atoms. The maximum absolute atomic E-state index is 12.6. The van der Waals surface area contributed by atoms with Crippen LogP contribution in [0.1, 0.15) is 16.1 Å². The molecule has 158 valence electrons. The summed E-state index contributed by atoms with van der Waals surface area (Å²) in [5.41, 5.74) is 0.0505. The zero-order valence-corrected chi connectivity index (χ0v) is 15.8. The molecular formula is C17H13F3N4O5S. The van der Waals surface area contributed by atoms with Crippen molar-refractivity contribution >= 4 is 33.4 Å². The van der Waals surface area contributed by atoms with Gasteiger partial charge in [-0.2, -0.15) is 13.2 Å². The highest BCUT2D eigenvalue weighted by Gasteiger charge is 2.47. The summed E-state index contributed by atoms with van der Waals surface area (Å²) in [6.45, 7) is -0.375. The van der Waals surface area contributed by atoms with Gasteiger partial charge in [0.2, 0.25) is 0 Å². The Balaban J connectivity index is 1.81. The Morgan fingerprint density at radius 1 is 1.13 bits per heavy atom. The number of alkyl halides is 3. The number of carbonyl (C=O) groups is 3. The van der Waals surface area contributed by atoms with Crippen LogP contribution in [-0.2, 0) is 21.2 Å². The number of benzene rings is 1. The fraction of sp³-hybridized carbons (Fsp3) is 0.176. The molecule has 0 bridgehead atoms. The first-order valence-corrected chi connectivity index (χ1v) is 9.68. The molecule has 1 aliphatic rings. The summed E-state index contributed by atoms with van der Waals surface area (Å²) >= 11 is 0. The van der Waals surface area contributed by atoms with Crippen molar-refractivity contribution in [2.45, 2.75) is 16.9 Å². The topological polar surface area (TPSA) is 131 Å². The van der Waals surface area contributed by atoms with Crippen molar-refractivity contribution in [3.63, 3.8) is 0 Å². The van der Waals surface area contributed by atoms with Crippen LogP contribution in [-0.4, -0.2) is 48.2 Å². The van der Waals surface area contributed by atoms with Gasteiger partial charge in [0.1, 0.15) is 12.2 Å². The quantitative estimate of drug-likeness (QED) is 0.698. The monoisotopic (exact) mass is 442 g/mol. The Hall–Kier alpha value is -3.48. The summed E-state index contributed by atoms with van der Waals surface area (Å²) in [5.74, 6) is -1.42. The van der Waals surface area contributed by atoms with Crippen LogP contribution in [0.5, 0.6) is 0 Å². The minimum atomic E-state index is -5.55. The summed E-state index contributed by atoms with van der Waals surface area (Å²) in [5, 5.41) is 0. The SMILES string of the molecule is NC(=O)c1cc(CN2CC(=O)N(c3ccc(S(=O)(=O)C(F)(F)F)cc3)C2=O)ccn1. The van der Waals surface area contributed by atoms with Gasteiger partial charge in [-0.15, -0.1) is 0 Å². The van der Waals surface area contributed by atoms with Crippen molar-refractivity contribution in [1.82, 2.24) is 9.88 Å². The molecule has 1 aromatic heterocycles. The lowest BCUT2D eigenvalue weighted by Gasteiger charge is -2.17. The van der Waals surface area contributed by atoms with Gasteiger partial charge in [-0.25, -0.2) is 18.1 Å². The summed E-state index contributed by atoms with van der Waals surface area (Å²) in [6, 6.07) is 5.34. The van der Waals surface area contributed by atoms with Gasteiger partial charge in [-0.05, 0) is 42.0 Å². The molecular weight excluding hydrogens is 429 g/mol. The van der Waals surface area contributed by atoms with Crippen molar-refractivity contribution < 1.29 is 36.0 Å². The van der Waals surface area contributed by atoms with Gasteiger partial charge in [0.15, 0.2) is 0 Å². The van der Waals surface area contributed by atoms with Crippen molar-refractivity contribution in [1.29, 1.82) is 0 Å². The number of sulfone groups is 1. The van der Waals surface area contributed by atoms with E-state index in [2.05, 4.69) is 4.98 Å². The van der Waals surface area contributed by atoms with E-state index in [9.17, 15) is 36.0 Å². The zero-order valence-electron chi connectivity index (χ0n) is 15.0. The lowest BCUT2D eigenvalue weighted by Crippen LogP contribution is -2.33. The van der Waals surface area contributed by atoms with E-state index in [-0.39, 0.29) is 24.5 Å². The maximum atomic E-state index is 12.6. The van der Waals surface area contributed by atoms with Crippen LogP contribution in [0, 0.1) is 0 Å². The highest BCUT2D eigenvalue weighted by molar-refractivity contribution is 7.92. The van der Waals surface area contributed by atoms with E-state index in [1.165, 1.54) is 18.3 Å². The summed E-state index contributed by atoms with van der Waals surface area (Å²) in [6.07, 6.45) is 1.31. The predicted molar refractivity (Wildman–Crippen MR) is 95.7 cm³/mol. The third kappa shape index (κ3) is 3.83. The third-order valence-corrected chi connectivity index (χ3v) is 5.70. The average Bonchev–Trinajstić information content (AvgIpc) is 2.94. The summed E-state index contributed by atoms with van der Waals surface area (Å²) < 4.78 is 60.8. The van der Waals surface area contributed by atoms with E-state index in [4.69, 9.17) is 5.73 Å². The molecule has 9 nitrogen and oxygen atoms in total. The first kappa shape index (κ1) is 21.2. The number of carbonyl (C=O) groups excluding carboxylic acids is 3. The first-order valence-electron chi connectivity index (χ1n) is 8.20. The minimum Gasteiger partial charge on any atom is -0.364 e. The number of pyridine rings is 1. The van der Waals surface area contributed by atoms with Crippen LogP contribution >= 0.6 is 0 Å². The summed E-state index contributed by atoms with van der Waals surface area (Å²) in [7, 11) is -5.55. The predicted octanol–water partition coefficient (Wildman–Crippen LogP) is 1.44. The van der Waals surface area contributed by atoms with E-state index in [0.29, 0.717) is 17.7 Å². The minimum absolute atomic E-state index is 0.0243. The highest BCUT2D eigenvalue weighted by Crippen LogP contribution is 2.32. The van der Waals surface area contributed by atoms with E-state index in [0.717, 1.165) is 21.9 Å². The molecule has 0 unspecified atom stereocenters.